The smallest absolute Gasteiger partial charge is 0.253 e. The summed E-state index contributed by atoms with van der Waals surface area (Å²) in [4.78, 5) is 35.3. The molecule has 22 heavy (non-hydrogen) atoms. The Hall–Kier alpha value is -2.08. The predicted octanol–water partition coefficient (Wildman–Crippen LogP) is 1.10. The molecule has 120 valence electrons. The minimum absolute atomic E-state index is 0.00162. The van der Waals surface area contributed by atoms with Crippen LogP contribution in [0.25, 0.3) is 0 Å². The van der Waals surface area contributed by atoms with Crippen molar-refractivity contribution in [1.82, 2.24) is 16.0 Å². The number of amides is 3. The highest BCUT2D eigenvalue weighted by molar-refractivity contribution is 6.33. The van der Waals surface area contributed by atoms with E-state index in [9.17, 15) is 14.4 Å². The second kappa shape index (κ2) is 8.38. The van der Waals surface area contributed by atoms with E-state index in [-0.39, 0.29) is 18.5 Å². The van der Waals surface area contributed by atoms with Gasteiger partial charge in [-0.2, -0.15) is 0 Å². The van der Waals surface area contributed by atoms with E-state index in [0.717, 1.165) is 0 Å². The summed E-state index contributed by atoms with van der Waals surface area (Å²) >= 11 is 5.92. The summed E-state index contributed by atoms with van der Waals surface area (Å²) in [7, 11) is 0. The molecule has 6 nitrogen and oxygen atoms in total. The molecule has 1 aromatic rings. The van der Waals surface area contributed by atoms with Crippen LogP contribution in [0.4, 0.5) is 0 Å². The average Bonchev–Trinajstić information content (AvgIpc) is 2.44. The molecule has 0 aliphatic carbocycles. The quantitative estimate of drug-likeness (QED) is 0.732. The van der Waals surface area contributed by atoms with E-state index in [1.807, 2.05) is 13.8 Å². The topological polar surface area (TPSA) is 87.3 Å². The van der Waals surface area contributed by atoms with Crippen LogP contribution in [0.3, 0.4) is 0 Å². The van der Waals surface area contributed by atoms with E-state index in [1.54, 1.807) is 24.3 Å². The fraction of sp³-hybridized carbons (Fsp3) is 0.400. The van der Waals surface area contributed by atoms with E-state index in [1.165, 1.54) is 6.92 Å². The molecule has 0 aliphatic rings. The Morgan fingerprint density at radius 3 is 2.32 bits per heavy atom. The Morgan fingerprint density at radius 2 is 1.73 bits per heavy atom. The number of hydrogen-bond acceptors (Lipinski definition) is 3. The molecule has 3 amide bonds. The first kappa shape index (κ1) is 18.0. The van der Waals surface area contributed by atoms with Gasteiger partial charge in [0, 0.05) is 6.04 Å². The highest BCUT2D eigenvalue weighted by Gasteiger charge is 2.18. The molecule has 3 N–H and O–H groups in total. The zero-order valence-electron chi connectivity index (χ0n) is 12.8. The highest BCUT2D eigenvalue weighted by atomic mass is 35.5. The molecule has 0 saturated carbocycles. The Balaban J connectivity index is 2.49. The fourth-order valence-electron chi connectivity index (χ4n) is 1.68. The molecule has 0 bridgehead atoms. The fourth-order valence-corrected chi connectivity index (χ4v) is 1.90. The van der Waals surface area contributed by atoms with Crippen LogP contribution in [0.5, 0.6) is 0 Å². The van der Waals surface area contributed by atoms with Gasteiger partial charge in [-0.25, -0.2) is 0 Å². The number of carbonyl (C=O) groups is 3. The molecule has 7 heteroatoms. The summed E-state index contributed by atoms with van der Waals surface area (Å²) in [6.45, 7) is 5.05. The molecular formula is C15H20ClN3O3. The SMILES string of the molecule is CC(C)NC(=O)CNC(=O)[C@H](C)NC(=O)c1ccccc1Cl. The zero-order valence-corrected chi connectivity index (χ0v) is 13.5. The van der Waals surface area contributed by atoms with Gasteiger partial charge >= 0.3 is 0 Å². The molecule has 0 radical (unpaired) electrons. The first-order chi connectivity index (χ1) is 10.3. The number of rotatable bonds is 6. The van der Waals surface area contributed by atoms with Gasteiger partial charge in [-0.1, -0.05) is 23.7 Å². The van der Waals surface area contributed by atoms with E-state index in [0.29, 0.717) is 10.6 Å². The Labute approximate surface area is 134 Å². The number of halogens is 1. The molecule has 1 rings (SSSR count). The second-order valence-corrected chi connectivity index (χ2v) is 5.52. The van der Waals surface area contributed by atoms with Crippen LogP contribution in [-0.4, -0.2) is 36.3 Å². The summed E-state index contributed by atoms with van der Waals surface area (Å²) in [6.07, 6.45) is 0. The maximum atomic E-state index is 12.0. The van der Waals surface area contributed by atoms with Gasteiger partial charge < -0.3 is 16.0 Å². The minimum Gasteiger partial charge on any atom is -0.352 e. The summed E-state index contributed by atoms with van der Waals surface area (Å²) in [5, 5.41) is 7.96. The monoisotopic (exact) mass is 325 g/mol. The minimum atomic E-state index is -0.782. The van der Waals surface area contributed by atoms with Gasteiger partial charge in [0.25, 0.3) is 5.91 Å². The molecule has 0 aromatic heterocycles. The maximum Gasteiger partial charge on any atom is 0.253 e. The van der Waals surface area contributed by atoms with Crippen molar-refractivity contribution in [2.24, 2.45) is 0 Å². The molecule has 0 spiro atoms. The van der Waals surface area contributed by atoms with Crippen molar-refractivity contribution in [3.8, 4) is 0 Å². The number of carbonyl (C=O) groups excluding carboxylic acids is 3. The van der Waals surface area contributed by atoms with Gasteiger partial charge in [0.05, 0.1) is 17.1 Å². The van der Waals surface area contributed by atoms with Crippen LogP contribution >= 0.6 is 11.6 Å². The number of nitrogens with one attached hydrogen (secondary N) is 3. The summed E-state index contributed by atoms with van der Waals surface area (Å²) in [5.74, 6) is -1.17. The average molecular weight is 326 g/mol. The van der Waals surface area contributed by atoms with Crippen molar-refractivity contribution in [1.29, 1.82) is 0 Å². The summed E-state index contributed by atoms with van der Waals surface area (Å²) < 4.78 is 0. The van der Waals surface area contributed by atoms with Gasteiger partial charge in [-0.3, -0.25) is 14.4 Å². The maximum absolute atomic E-state index is 12.0. The Bertz CT molecular complexity index is 561. The third-order valence-electron chi connectivity index (χ3n) is 2.73. The zero-order chi connectivity index (χ0) is 16.7. The largest absolute Gasteiger partial charge is 0.352 e. The van der Waals surface area contributed by atoms with Crippen LogP contribution in [0.2, 0.25) is 5.02 Å². The summed E-state index contributed by atoms with van der Waals surface area (Å²) in [5.41, 5.74) is 0.293. The molecular weight excluding hydrogens is 306 g/mol. The third kappa shape index (κ3) is 5.73. The Morgan fingerprint density at radius 1 is 1.09 bits per heavy atom. The van der Waals surface area contributed by atoms with Gasteiger partial charge in [-0.15, -0.1) is 0 Å². The molecule has 0 unspecified atom stereocenters. The van der Waals surface area contributed by atoms with Crippen molar-refractivity contribution in [2.75, 3.05) is 6.54 Å². The normalized spacial score (nSPS) is 11.7. The third-order valence-corrected chi connectivity index (χ3v) is 3.06. The van der Waals surface area contributed by atoms with Crippen molar-refractivity contribution in [3.63, 3.8) is 0 Å². The van der Waals surface area contributed by atoms with E-state index >= 15 is 0 Å². The molecule has 1 aromatic carbocycles. The van der Waals surface area contributed by atoms with Crippen molar-refractivity contribution in [2.45, 2.75) is 32.9 Å². The van der Waals surface area contributed by atoms with Crippen LogP contribution < -0.4 is 16.0 Å². The molecule has 1 atom stereocenters. The first-order valence-electron chi connectivity index (χ1n) is 6.93. The highest BCUT2D eigenvalue weighted by Crippen LogP contribution is 2.14. The molecule has 0 aliphatic heterocycles. The first-order valence-corrected chi connectivity index (χ1v) is 7.31. The van der Waals surface area contributed by atoms with E-state index in [4.69, 9.17) is 11.6 Å². The lowest BCUT2D eigenvalue weighted by atomic mass is 10.2. The Kier molecular flexibility index (Phi) is 6.85. The standard InChI is InChI=1S/C15H20ClN3O3/c1-9(2)18-13(20)8-17-14(21)10(3)19-15(22)11-6-4-5-7-12(11)16/h4-7,9-10H,8H2,1-3H3,(H,17,21)(H,18,20)(H,19,22)/t10-/m0/s1. The van der Waals surface area contributed by atoms with Crippen LogP contribution in [-0.2, 0) is 9.59 Å². The van der Waals surface area contributed by atoms with Gasteiger partial charge in [-0.05, 0) is 32.9 Å². The van der Waals surface area contributed by atoms with Crippen molar-refractivity contribution >= 4 is 29.3 Å². The summed E-state index contributed by atoms with van der Waals surface area (Å²) in [6, 6.07) is 5.78. The lowest BCUT2D eigenvalue weighted by Gasteiger charge is -2.15. The molecule has 0 fully saturated rings. The van der Waals surface area contributed by atoms with E-state index < -0.39 is 17.9 Å². The van der Waals surface area contributed by atoms with Gasteiger partial charge in [0.2, 0.25) is 11.8 Å². The number of hydrogen-bond donors (Lipinski definition) is 3. The molecule has 0 heterocycles. The van der Waals surface area contributed by atoms with Crippen LogP contribution in [0, 0.1) is 0 Å². The van der Waals surface area contributed by atoms with Gasteiger partial charge in [0.15, 0.2) is 0 Å². The number of benzene rings is 1. The lowest BCUT2D eigenvalue weighted by Crippen LogP contribution is -2.48. The van der Waals surface area contributed by atoms with E-state index in [2.05, 4.69) is 16.0 Å². The predicted molar refractivity (Wildman–Crippen MR) is 84.7 cm³/mol. The lowest BCUT2D eigenvalue weighted by molar-refractivity contribution is -0.127. The van der Waals surface area contributed by atoms with Gasteiger partial charge in [0.1, 0.15) is 6.04 Å². The van der Waals surface area contributed by atoms with Crippen LogP contribution in [0.1, 0.15) is 31.1 Å². The van der Waals surface area contributed by atoms with Crippen molar-refractivity contribution < 1.29 is 14.4 Å². The molecule has 0 saturated heterocycles. The van der Waals surface area contributed by atoms with Crippen LogP contribution in [0.15, 0.2) is 24.3 Å². The second-order valence-electron chi connectivity index (χ2n) is 5.12. The van der Waals surface area contributed by atoms with Crippen molar-refractivity contribution in [3.05, 3.63) is 34.9 Å².